The Morgan fingerprint density at radius 2 is 2.00 bits per heavy atom. The molecule has 1 aliphatic heterocycles. The molecule has 7 heteroatoms. The van der Waals surface area contributed by atoms with Gasteiger partial charge in [-0.2, -0.15) is 4.31 Å². The van der Waals surface area contributed by atoms with E-state index in [2.05, 4.69) is 0 Å². The molecule has 1 aromatic carbocycles. The number of aliphatic carboxylic acids is 1. The average Bonchev–Trinajstić information content (AvgIpc) is 3.00. The summed E-state index contributed by atoms with van der Waals surface area (Å²) in [5, 5.41) is 9.98. The fourth-order valence-corrected chi connectivity index (χ4v) is 6.63. The van der Waals surface area contributed by atoms with Gasteiger partial charge in [-0.25, -0.2) is 8.42 Å². The number of benzene rings is 1. The van der Waals surface area contributed by atoms with Crippen LogP contribution in [-0.2, 0) is 14.8 Å². The van der Waals surface area contributed by atoms with Crippen molar-refractivity contribution < 1.29 is 18.3 Å². The topological polar surface area (TPSA) is 74.7 Å². The van der Waals surface area contributed by atoms with Crippen molar-refractivity contribution in [3.63, 3.8) is 0 Å². The van der Waals surface area contributed by atoms with E-state index in [0.717, 1.165) is 20.5 Å². The fraction of sp³-hybridized carbons (Fsp3) is 0.438. The minimum Gasteiger partial charge on any atom is -0.481 e. The third kappa shape index (κ3) is 2.56. The molecule has 0 aliphatic carbocycles. The molecular weight excluding hydrogens is 334 g/mol. The number of fused-ring (bicyclic) bond motifs is 1. The number of carboxylic acid groups (broad SMARTS) is 1. The summed E-state index contributed by atoms with van der Waals surface area (Å²) in [5.41, 5.74) is 1.05. The van der Waals surface area contributed by atoms with Crippen molar-refractivity contribution in [2.45, 2.75) is 25.7 Å². The molecule has 0 spiro atoms. The van der Waals surface area contributed by atoms with Gasteiger partial charge in [-0.3, -0.25) is 4.79 Å². The Hall–Kier alpha value is -1.44. The maximum atomic E-state index is 13.1. The van der Waals surface area contributed by atoms with Crippen LogP contribution in [0.3, 0.4) is 0 Å². The Kier molecular flexibility index (Phi) is 3.98. The zero-order chi connectivity index (χ0) is 16.9. The van der Waals surface area contributed by atoms with Crippen molar-refractivity contribution in [3.05, 3.63) is 28.6 Å². The normalized spacial score (nSPS) is 22.7. The van der Waals surface area contributed by atoms with Gasteiger partial charge in [0.25, 0.3) is 0 Å². The van der Waals surface area contributed by atoms with Crippen molar-refractivity contribution in [2.24, 2.45) is 11.8 Å². The number of hydrogen-bond acceptors (Lipinski definition) is 4. The van der Waals surface area contributed by atoms with Gasteiger partial charge in [-0.1, -0.05) is 25.1 Å². The lowest BCUT2D eigenvalue weighted by molar-refractivity contribution is -0.142. The molecule has 2 atom stereocenters. The molecular formula is C16H19NO4S2. The molecule has 1 saturated heterocycles. The van der Waals surface area contributed by atoms with Crippen LogP contribution in [0.1, 0.15) is 17.4 Å². The minimum absolute atomic E-state index is 0.0431. The first kappa shape index (κ1) is 16.4. The Labute approximate surface area is 139 Å². The van der Waals surface area contributed by atoms with Crippen molar-refractivity contribution in [1.29, 1.82) is 0 Å². The highest BCUT2D eigenvalue weighted by Crippen LogP contribution is 2.39. The van der Waals surface area contributed by atoms with Crippen LogP contribution in [0.25, 0.3) is 10.1 Å². The van der Waals surface area contributed by atoms with E-state index in [9.17, 15) is 18.3 Å². The molecule has 0 unspecified atom stereocenters. The SMILES string of the molecule is Cc1sc2c(C)cccc2c1S(=O)(=O)N1C[C@@H](C)[C@H](C(=O)O)C1. The maximum absolute atomic E-state index is 13.1. The predicted octanol–water partition coefficient (Wildman–Crippen LogP) is 2.86. The van der Waals surface area contributed by atoms with Crippen molar-refractivity contribution in [2.75, 3.05) is 13.1 Å². The summed E-state index contributed by atoms with van der Waals surface area (Å²) >= 11 is 1.48. The molecule has 1 N–H and O–H groups in total. The number of sulfonamides is 1. The molecule has 0 saturated carbocycles. The largest absolute Gasteiger partial charge is 0.481 e. The van der Waals surface area contributed by atoms with E-state index < -0.39 is 21.9 Å². The summed E-state index contributed by atoms with van der Waals surface area (Å²) in [6.45, 7) is 5.86. The first-order chi connectivity index (χ1) is 10.7. The number of thiophene rings is 1. The Morgan fingerprint density at radius 3 is 2.61 bits per heavy atom. The highest BCUT2D eigenvalue weighted by atomic mass is 32.2. The van der Waals surface area contributed by atoms with Crippen LogP contribution in [0.15, 0.2) is 23.1 Å². The van der Waals surface area contributed by atoms with Crippen molar-refractivity contribution in [3.8, 4) is 0 Å². The van der Waals surface area contributed by atoms with E-state index >= 15 is 0 Å². The van der Waals surface area contributed by atoms with E-state index in [1.54, 1.807) is 6.92 Å². The van der Waals surface area contributed by atoms with Gasteiger partial charge in [0.15, 0.2) is 0 Å². The van der Waals surface area contributed by atoms with Crippen LogP contribution in [-0.4, -0.2) is 36.9 Å². The standard InChI is InChI=1S/C16H19NO4S2/c1-9-5-4-6-12-14(9)22-11(3)15(12)23(20,21)17-7-10(2)13(8-17)16(18)19/h4-6,10,13H,7-8H2,1-3H3,(H,18,19)/t10-,13-/m1/s1. The van der Waals surface area contributed by atoms with Gasteiger partial charge < -0.3 is 5.11 Å². The van der Waals surface area contributed by atoms with Gasteiger partial charge in [-0.15, -0.1) is 11.3 Å². The fourth-order valence-electron chi connectivity index (χ4n) is 3.25. The van der Waals surface area contributed by atoms with Gasteiger partial charge >= 0.3 is 5.97 Å². The number of rotatable bonds is 3. The van der Waals surface area contributed by atoms with Gasteiger partial charge in [0.2, 0.25) is 10.0 Å². The van der Waals surface area contributed by atoms with Crippen LogP contribution in [0, 0.1) is 25.7 Å². The smallest absolute Gasteiger partial charge is 0.308 e. The van der Waals surface area contributed by atoms with Crippen LogP contribution >= 0.6 is 11.3 Å². The quantitative estimate of drug-likeness (QED) is 0.921. The lowest BCUT2D eigenvalue weighted by Gasteiger charge is -2.16. The van der Waals surface area contributed by atoms with Gasteiger partial charge in [0.1, 0.15) is 4.90 Å². The van der Waals surface area contributed by atoms with Gasteiger partial charge in [-0.05, 0) is 25.3 Å². The number of carboxylic acids is 1. The zero-order valence-corrected chi connectivity index (χ0v) is 14.9. The van der Waals surface area contributed by atoms with E-state index in [1.165, 1.54) is 15.6 Å². The monoisotopic (exact) mass is 353 g/mol. The van der Waals surface area contributed by atoms with Crippen molar-refractivity contribution >= 4 is 37.4 Å². The number of nitrogens with zero attached hydrogens (tertiary/aromatic N) is 1. The summed E-state index contributed by atoms with van der Waals surface area (Å²) in [7, 11) is -3.69. The Morgan fingerprint density at radius 1 is 1.30 bits per heavy atom. The summed E-state index contributed by atoms with van der Waals surface area (Å²) in [6, 6.07) is 5.65. The van der Waals surface area contributed by atoms with Gasteiger partial charge in [0.05, 0.1) is 5.92 Å². The lowest BCUT2D eigenvalue weighted by Crippen LogP contribution is -2.30. The highest BCUT2D eigenvalue weighted by molar-refractivity contribution is 7.89. The molecule has 0 radical (unpaired) electrons. The minimum atomic E-state index is -3.69. The van der Waals surface area contributed by atoms with E-state index in [4.69, 9.17) is 0 Å². The van der Waals surface area contributed by atoms with Crippen LogP contribution < -0.4 is 0 Å². The van der Waals surface area contributed by atoms with Crippen LogP contribution in [0.4, 0.5) is 0 Å². The molecule has 5 nitrogen and oxygen atoms in total. The second-order valence-electron chi connectivity index (χ2n) is 6.18. The van der Waals surface area contributed by atoms with Crippen LogP contribution in [0.2, 0.25) is 0 Å². The maximum Gasteiger partial charge on any atom is 0.308 e. The number of aryl methyl sites for hydroxylation is 2. The summed E-state index contributed by atoms with van der Waals surface area (Å²) in [4.78, 5) is 12.4. The first-order valence-electron chi connectivity index (χ1n) is 7.45. The predicted molar refractivity (Wildman–Crippen MR) is 90.3 cm³/mol. The third-order valence-electron chi connectivity index (χ3n) is 4.53. The summed E-state index contributed by atoms with van der Waals surface area (Å²) < 4.78 is 28.5. The molecule has 23 heavy (non-hydrogen) atoms. The molecule has 3 rings (SSSR count). The van der Waals surface area contributed by atoms with Crippen molar-refractivity contribution in [1.82, 2.24) is 4.31 Å². The Balaban J connectivity index is 2.10. The van der Waals surface area contributed by atoms with Crippen LogP contribution in [0.5, 0.6) is 0 Å². The molecule has 124 valence electrons. The molecule has 0 amide bonds. The van der Waals surface area contributed by atoms with E-state index in [-0.39, 0.29) is 19.0 Å². The molecule has 2 heterocycles. The zero-order valence-electron chi connectivity index (χ0n) is 13.2. The van der Waals surface area contributed by atoms with E-state index in [0.29, 0.717) is 4.90 Å². The number of hydrogen-bond donors (Lipinski definition) is 1. The second-order valence-corrected chi connectivity index (χ2v) is 9.28. The summed E-state index contributed by atoms with van der Waals surface area (Å²) in [6.07, 6.45) is 0. The van der Waals surface area contributed by atoms with Gasteiger partial charge in [0, 0.05) is 28.1 Å². The average molecular weight is 353 g/mol. The molecule has 0 bridgehead atoms. The lowest BCUT2D eigenvalue weighted by atomic mass is 9.99. The second kappa shape index (κ2) is 5.58. The molecule has 1 fully saturated rings. The van der Waals surface area contributed by atoms with E-state index in [1.807, 2.05) is 32.0 Å². The molecule has 1 aromatic heterocycles. The summed E-state index contributed by atoms with van der Waals surface area (Å²) in [5.74, 6) is -1.76. The molecule has 1 aliphatic rings. The first-order valence-corrected chi connectivity index (χ1v) is 9.70. The molecule has 2 aromatic rings. The third-order valence-corrected chi connectivity index (χ3v) is 7.93. The highest BCUT2D eigenvalue weighted by Gasteiger charge is 2.42. The number of carbonyl (C=O) groups is 1. The Bertz CT molecular complexity index is 885.